The van der Waals surface area contributed by atoms with Crippen LogP contribution in [0.5, 0.6) is 5.75 Å². The summed E-state index contributed by atoms with van der Waals surface area (Å²) < 4.78 is 11.8. The zero-order valence-corrected chi connectivity index (χ0v) is 15.6. The van der Waals surface area contributed by atoms with Gasteiger partial charge in [0.1, 0.15) is 5.75 Å². The van der Waals surface area contributed by atoms with Crippen LogP contribution in [0.2, 0.25) is 0 Å². The highest BCUT2D eigenvalue weighted by Crippen LogP contribution is 2.17. The van der Waals surface area contributed by atoms with Crippen molar-refractivity contribution in [1.29, 1.82) is 0 Å². The number of nitrogens with zero attached hydrogens (tertiary/aromatic N) is 1. The van der Waals surface area contributed by atoms with Crippen LogP contribution in [0.3, 0.4) is 0 Å². The molecular weight excluding hydrogens is 366 g/mol. The summed E-state index contributed by atoms with van der Waals surface area (Å²) >= 11 is 1.27. The van der Waals surface area contributed by atoms with Crippen LogP contribution in [0.1, 0.15) is 13.3 Å². The van der Waals surface area contributed by atoms with Crippen LogP contribution >= 0.6 is 11.8 Å². The summed E-state index contributed by atoms with van der Waals surface area (Å²) in [7, 11) is 0. The fourth-order valence-corrected chi connectivity index (χ4v) is 3.31. The lowest BCUT2D eigenvalue weighted by molar-refractivity contribution is -0.704. The molecule has 0 aliphatic heterocycles. The molecule has 0 aliphatic rings. The molecule has 8 heteroatoms. The van der Waals surface area contributed by atoms with Crippen LogP contribution in [0.25, 0.3) is 5.69 Å². The van der Waals surface area contributed by atoms with Crippen LogP contribution in [-0.4, -0.2) is 23.5 Å². The number of benzene rings is 2. The number of para-hydroxylation sites is 1. The monoisotopic (exact) mass is 386 g/mol. The molecule has 2 N–H and O–H groups in total. The average Bonchev–Trinajstić information content (AvgIpc) is 3.05. The van der Waals surface area contributed by atoms with Crippen molar-refractivity contribution in [3.63, 3.8) is 0 Å². The van der Waals surface area contributed by atoms with Gasteiger partial charge in [0.2, 0.25) is 11.6 Å². The Balaban J connectivity index is 1.55. The highest BCUT2D eigenvalue weighted by molar-refractivity contribution is 7.99. The summed E-state index contributed by atoms with van der Waals surface area (Å²) in [4.78, 5) is 24.0. The van der Waals surface area contributed by atoms with Crippen molar-refractivity contribution in [3.05, 3.63) is 65.0 Å². The molecule has 0 saturated heterocycles. The highest BCUT2D eigenvalue weighted by atomic mass is 32.2. The van der Waals surface area contributed by atoms with Crippen LogP contribution in [-0.2, 0) is 4.79 Å². The van der Waals surface area contributed by atoms with Gasteiger partial charge >= 0.3 is 10.7 Å². The van der Waals surface area contributed by atoms with E-state index in [1.54, 1.807) is 16.8 Å². The quantitative estimate of drug-likeness (QED) is 0.459. The van der Waals surface area contributed by atoms with Gasteiger partial charge in [-0.05, 0) is 52.9 Å². The number of carbonyl (C=O) groups excluding carboxylic acids is 1. The van der Waals surface area contributed by atoms with Crippen LogP contribution in [0.4, 0.5) is 5.69 Å². The Hall–Kier alpha value is -3.00. The van der Waals surface area contributed by atoms with Gasteiger partial charge in [-0.15, -0.1) is 0 Å². The number of thioether (sulfide) groups is 1. The van der Waals surface area contributed by atoms with E-state index in [0.29, 0.717) is 23.1 Å². The molecule has 0 radical (unpaired) electrons. The fraction of sp³-hybridized carbons (Fsp3) is 0.211. The van der Waals surface area contributed by atoms with Crippen molar-refractivity contribution in [3.8, 4) is 11.4 Å². The van der Waals surface area contributed by atoms with E-state index in [9.17, 15) is 9.59 Å². The number of carbonyl (C=O) groups is 1. The lowest BCUT2D eigenvalue weighted by atomic mass is 10.3. The van der Waals surface area contributed by atoms with Gasteiger partial charge in [-0.2, -0.15) is 0 Å². The molecule has 0 unspecified atom stereocenters. The molecule has 0 spiro atoms. The molecule has 27 heavy (non-hydrogen) atoms. The molecule has 2 aromatic carbocycles. The number of rotatable bonds is 8. The lowest BCUT2D eigenvalue weighted by Crippen LogP contribution is -2.36. The fourth-order valence-electron chi connectivity index (χ4n) is 2.40. The largest absolute Gasteiger partial charge is 0.494 e. The zero-order chi connectivity index (χ0) is 19.1. The highest BCUT2D eigenvalue weighted by Gasteiger charge is 2.23. The predicted molar refractivity (Wildman–Crippen MR) is 102 cm³/mol. The van der Waals surface area contributed by atoms with Gasteiger partial charge < -0.3 is 10.1 Å². The number of aromatic nitrogens is 2. The normalized spacial score (nSPS) is 10.6. The molecule has 0 fully saturated rings. The van der Waals surface area contributed by atoms with Gasteiger partial charge in [0.15, 0.2) is 0 Å². The minimum atomic E-state index is -0.462. The Morgan fingerprint density at radius 2 is 1.93 bits per heavy atom. The Labute approximate surface area is 160 Å². The third-order valence-electron chi connectivity index (χ3n) is 3.64. The first-order valence-electron chi connectivity index (χ1n) is 8.52. The van der Waals surface area contributed by atoms with Gasteiger partial charge in [-0.3, -0.25) is 9.32 Å². The van der Waals surface area contributed by atoms with Gasteiger partial charge in [0.05, 0.1) is 6.61 Å². The lowest BCUT2D eigenvalue weighted by Gasteiger charge is -2.06. The second-order valence-electron chi connectivity index (χ2n) is 5.56. The van der Waals surface area contributed by atoms with Crippen LogP contribution in [0, 0.1) is 0 Å². The smallest absolute Gasteiger partial charge is 0.442 e. The number of anilines is 1. The van der Waals surface area contributed by atoms with E-state index in [-0.39, 0.29) is 12.3 Å². The average molecular weight is 386 g/mol. The van der Waals surface area contributed by atoms with Crippen LogP contribution in [0.15, 0.2) is 68.9 Å². The summed E-state index contributed by atoms with van der Waals surface area (Å²) in [6, 6.07) is 16.5. The summed E-state index contributed by atoms with van der Waals surface area (Å²) in [5.74, 6) is 1.08. The van der Waals surface area contributed by atoms with Crippen molar-refractivity contribution < 1.29 is 18.7 Å². The molecule has 0 saturated carbocycles. The summed E-state index contributed by atoms with van der Waals surface area (Å²) in [5, 5.41) is 5.81. The minimum absolute atomic E-state index is 0.127. The maximum atomic E-state index is 12.1. The molecule has 3 aromatic rings. The molecule has 3 rings (SSSR count). The van der Waals surface area contributed by atoms with E-state index >= 15 is 0 Å². The van der Waals surface area contributed by atoms with Gasteiger partial charge in [-0.1, -0.05) is 18.2 Å². The standard InChI is InChI=1S/C19H19N3O4S/c1-2-25-16-10-8-14(9-11-16)20-17(23)12-13-27-18-19(24)26-21-22(18)15-6-4-3-5-7-15/h3-11H,2,12-13H2,1H3,(H-,20,21,23,24)/p+1. The first-order valence-corrected chi connectivity index (χ1v) is 9.50. The molecule has 0 aliphatic carbocycles. The van der Waals surface area contributed by atoms with Crippen molar-refractivity contribution in [2.45, 2.75) is 18.4 Å². The molecule has 0 atom stereocenters. The van der Waals surface area contributed by atoms with E-state index in [2.05, 4.69) is 10.6 Å². The molecule has 1 amide bonds. The molecular formula is C19H20N3O4S+. The maximum Gasteiger partial charge on any atom is 0.442 e. The van der Waals surface area contributed by atoms with Gasteiger partial charge in [-0.25, -0.2) is 4.79 Å². The van der Waals surface area contributed by atoms with Crippen LogP contribution < -0.4 is 20.4 Å². The second-order valence-corrected chi connectivity index (χ2v) is 6.64. The maximum absolute atomic E-state index is 12.1. The van der Waals surface area contributed by atoms with Gasteiger partial charge in [0, 0.05) is 30.0 Å². The number of hydrogen-bond acceptors (Lipinski definition) is 5. The first kappa shape index (κ1) is 18.8. The molecule has 1 heterocycles. The summed E-state index contributed by atoms with van der Waals surface area (Å²) in [5.41, 5.74) is 1.02. The number of H-pyrrole nitrogens is 1. The Kier molecular flexibility index (Phi) is 6.32. The van der Waals surface area contributed by atoms with E-state index in [1.807, 2.05) is 49.4 Å². The van der Waals surface area contributed by atoms with Crippen molar-refractivity contribution in [2.24, 2.45) is 0 Å². The second kappa shape index (κ2) is 9.09. The number of nitrogens with one attached hydrogen (secondary N) is 2. The minimum Gasteiger partial charge on any atom is -0.494 e. The number of aromatic amines is 1. The number of amides is 1. The Morgan fingerprint density at radius 3 is 2.63 bits per heavy atom. The SMILES string of the molecule is CCOc1ccc(NC(=O)CCSc2c(=O)o[nH][n+]2-c2ccccc2)cc1. The van der Waals surface area contributed by atoms with Crippen molar-refractivity contribution in [1.82, 2.24) is 5.27 Å². The zero-order valence-electron chi connectivity index (χ0n) is 14.8. The number of hydrogen-bond donors (Lipinski definition) is 2. The van der Waals surface area contributed by atoms with Crippen molar-refractivity contribution >= 4 is 23.4 Å². The first-order chi connectivity index (χ1) is 13.2. The molecule has 7 nitrogen and oxygen atoms in total. The van der Waals surface area contributed by atoms with E-state index in [1.165, 1.54) is 11.8 Å². The third kappa shape index (κ3) is 5.01. The Morgan fingerprint density at radius 1 is 1.19 bits per heavy atom. The van der Waals surface area contributed by atoms with E-state index in [0.717, 1.165) is 11.4 Å². The van der Waals surface area contributed by atoms with E-state index in [4.69, 9.17) is 9.26 Å². The van der Waals surface area contributed by atoms with Crippen molar-refractivity contribution in [2.75, 3.05) is 17.7 Å². The molecule has 140 valence electrons. The topological polar surface area (TPSA) is 88.2 Å². The summed E-state index contributed by atoms with van der Waals surface area (Å²) in [6.07, 6.45) is 0.261. The predicted octanol–water partition coefficient (Wildman–Crippen LogP) is 2.76. The third-order valence-corrected chi connectivity index (χ3v) is 4.67. The molecule has 1 aromatic heterocycles. The Bertz CT molecular complexity index is 936. The number of ether oxygens (including phenoxy) is 1. The van der Waals surface area contributed by atoms with Gasteiger partial charge in [0.25, 0.3) is 0 Å². The van der Waals surface area contributed by atoms with E-state index < -0.39 is 5.63 Å². The molecule has 0 bridgehead atoms. The summed E-state index contributed by atoms with van der Waals surface area (Å²) in [6.45, 7) is 2.51.